The minimum Gasteiger partial charge on any atom is -0.461 e. The maximum absolute atomic E-state index is 13.2. The van der Waals surface area contributed by atoms with E-state index < -0.39 is 0 Å². The van der Waals surface area contributed by atoms with Gasteiger partial charge >= 0.3 is 5.97 Å². The Morgan fingerprint density at radius 3 is 2.42 bits per heavy atom. The Morgan fingerprint density at radius 1 is 0.970 bits per heavy atom. The van der Waals surface area contributed by atoms with Crippen molar-refractivity contribution in [3.63, 3.8) is 0 Å². The van der Waals surface area contributed by atoms with Crippen LogP contribution >= 0.6 is 0 Å². The van der Waals surface area contributed by atoms with E-state index in [-0.39, 0.29) is 24.8 Å². The van der Waals surface area contributed by atoms with Crippen LogP contribution in [-0.4, -0.2) is 22.6 Å². The van der Waals surface area contributed by atoms with Gasteiger partial charge in [0, 0.05) is 52.3 Å². The Balaban J connectivity index is 1.69. The summed E-state index contributed by atoms with van der Waals surface area (Å²) >= 11 is 0. The summed E-state index contributed by atoms with van der Waals surface area (Å²) < 4.78 is 7.61. The number of aromatic nitrogens is 1. The fourth-order valence-electron chi connectivity index (χ4n) is 4.27. The van der Waals surface area contributed by atoms with Gasteiger partial charge < -0.3 is 14.1 Å². The number of benzene rings is 3. The van der Waals surface area contributed by atoms with E-state index in [1.54, 1.807) is 0 Å². The predicted octanol–water partition coefficient (Wildman–Crippen LogP) is 5.77. The zero-order valence-electron chi connectivity index (χ0n) is 19.0. The van der Waals surface area contributed by atoms with E-state index in [4.69, 9.17) is 4.74 Å². The highest BCUT2D eigenvalue weighted by atomic mass is 16.5. The van der Waals surface area contributed by atoms with Crippen molar-refractivity contribution in [1.29, 1.82) is 0 Å². The van der Waals surface area contributed by atoms with Crippen molar-refractivity contribution in [2.24, 2.45) is 0 Å². The summed E-state index contributed by atoms with van der Waals surface area (Å²) in [4.78, 5) is 35.5. The first kappa shape index (κ1) is 22.5. The molecule has 0 aliphatic carbocycles. The molecule has 0 N–H and O–H groups in total. The van der Waals surface area contributed by atoms with Crippen molar-refractivity contribution in [2.45, 2.75) is 46.3 Å². The number of fused-ring (bicyclic) bond motifs is 3. The molecule has 0 spiro atoms. The summed E-state index contributed by atoms with van der Waals surface area (Å²) in [5.74, 6) is -0.299. The largest absolute Gasteiger partial charge is 0.461 e. The number of rotatable bonds is 9. The number of unbranched alkanes of at least 4 members (excludes halogenated alkanes) is 1. The van der Waals surface area contributed by atoms with Crippen LogP contribution in [0.15, 0.2) is 60.7 Å². The Labute approximate surface area is 193 Å². The van der Waals surface area contributed by atoms with Crippen molar-refractivity contribution < 1.29 is 19.1 Å². The van der Waals surface area contributed by atoms with Crippen LogP contribution in [0, 0.1) is 6.92 Å². The molecule has 0 radical (unpaired) electrons. The number of carbonyl (C=O) groups is 3. The molecule has 0 aliphatic rings. The molecule has 4 aromatic rings. The SMILES string of the molecule is CCn1c2ccc(COC(=O)CCCC=O)cc2c2cc(C(=O)c3ccccc3C)ccc21. The first-order chi connectivity index (χ1) is 16.0. The molecule has 4 rings (SSSR count). The lowest BCUT2D eigenvalue weighted by Gasteiger charge is -2.06. The molecule has 168 valence electrons. The van der Waals surface area contributed by atoms with E-state index >= 15 is 0 Å². The van der Waals surface area contributed by atoms with E-state index in [0.29, 0.717) is 24.0 Å². The number of nitrogens with zero attached hydrogens (tertiary/aromatic N) is 1. The summed E-state index contributed by atoms with van der Waals surface area (Å²) in [6, 6.07) is 19.5. The molecule has 5 nitrogen and oxygen atoms in total. The number of aldehydes is 1. The smallest absolute Gasteiger partial charge is 0.306 e. The second-order valence-corrected chi connectivity index (χ2v) is 8.19. The van der Waals surface area contributed by atoms with Gasteiger partial charge in [-0.2, -0.15) is 0 Å². The van der Waals surface area contributed by atoms with E-state index in [2.05, 4.69) is 11.5 Å². The molecule has 33 heavy (non-hydrogen) atoms. The van der Waals surface area contributed by atoms with Crippen molar-refractivity contribution in [1.82, 2.24) is 4.57 Å². The van der Waals surface area contributed by atoms with Gasteiger partial charge in [0.15, 0.2) is 5.78 Å². The Morgan fingerprint density at radius 2 is 1.70 bits per heavy atom. The summed E-state index contributed by atoms with van der Waals surface area (Å²) in [5.41, 5.74) is 5.34. The minimum atomic E-state index is -0.306. The van der Waals surface area contributed by atoms with Crippen molar-refractivity contribution in [3.05, 3.63) is 82.9 Å². The molecule has 1 aromatic heterocycles. The fraction of sp³-hybridized carbons (Fsp3) is 0.250. The van der Waals surface area contributed by atoms with Gasteiger partial charge in [-0.1, -0.05) is 30.3 Å². The van der Waals surface area contributed by atoms with E-state index in [1.165, 1.54) is 0 Å². The molecule has 0 fully saturated rings. The summed E-state index contributed by atoms with van der Waals surface area (Å²) in [5, 5.41) is 2.03. The average molecular weight is 442 g/mol. The zero-order valence-corrected chi connectivity index (χ0v) is 19.0. The van der Waals surface area contributed by atoms with Crippen LogP contribution in [0.5, 0.6) is 0 Å². The molecular weight excluding hydrogens is 414 g/mol. The molecule has 0 bridgehead atoms. The van der Waals surface area contributed by atoms with Gasteiger partial charge in [-0.15, -0.1) is 0 Å². The number of hydrogen-bond donors (Lipinski definition) is 0. The number of hydrogen-bond acceptors (Lipinski definition) is 4. The second kappa shape index (κ2) is 9.82. The third-order valence-electron chi connectivity index (χ3n) is 6.00. The molecule has 0 saturated carbocycles. The van der Waals surface area contributed by atoms with Gasteiger partial charge in [0.2, 0.25) is 0 Å². The first-order valence-corrected chi connectivity index (χ1v) is 11.3. The third kappa shape index (κ3) is 4.58. The second-order valence-electron chi connectivity index (χ2n) is 8.19. The standard InChI is InChI=1S/C28H27NO4/c1-3-29-25-13-11-20(18-33-27(31)10-6-7-15-30)16-23(25)24-17-21(12-14-26(24)29)28(32)22-9-5-4-8-19(22)2/h4-5,8-9,11-17H,3,6-7,10,18H2,1-2H3. The topological polar surface area (TPSA) is 65.4 Å². The van der Waals surface area contributed by atoms with Crippen LogP contribution in [0.1, 0.15) is 53.2 Å². The highest BCUT2D eigenvalue weighted by molar-refractivity contribution is 6.15. The Hall–Kier alpha value is -3.73. The van der Waals surface area contributed by atoms with Crippen LogP contribution in [0.2, 0.25) is 0 Å². The van der Waals surface area contributed by atoms with Gasteiger partial charge in [0.1, 0.15) is 12.9 Å². The number of ether oxygens (including phenoxy) is 1. The minimum absolute atomic E-state index is 0.00723. The lowest BCUT2D eigenvalue weighted by atomic mass is 9.98. The summed E-state index contributed by atoms with van der Waals surface area (Å²) in [7, 11) is 0. The van der Waals surface area contributed by atoms with Crippen molar-refractivity contribution >= 4 is 39.8 Å². The average Bonchev–Trinajstić information content (AvgIpc) is 3.15. The van der Waals surface area contributed by atoms with Crippen LogP contribution < -0.4 is 0 Å². The van der Waals surface area contributed by atoms with E-state index in [9.17, 15) is 14.4 Å². The van der Waals surface area contributed by atoms with Gasteiger partial charge in [0.05, 0.1) is 0 Å². The van der Waals surface area contributed by atoms with Gasteiger partial charge in [-0.25, -0.2) is 0 Å². The molecule has 0 saturated heterocycles. The first-order valence-electron chi connectivity index (χ1n) is 11.3. The predicted molar refractivity (Wildman–Crippen MR) is 129 cm³/mol. The van der Waals surface area contributed by atoms with Crippen LogP contribution in [-0.2, 0) is 27.5 Å². The third-order valence-corrected chi connectivity index (χ3v) is 6.00. The number of ketones is 1. The molecule has 5 heteroatoms. The normalized spacial score (nSPS) is 11.1. The molecule has 1 heterocycles. The van der Waals surface area contributed by atoms with Crippen LogP contribution in [0.25, 0.3) is 21.8 Å². The van der Waals surface area contributed by atoms with E-state index in [1.807, 2.05) is 67.6 Å². The Kier molecular flexibility index (Phi) is 6.68. The van der Waals surface area contributed by atoms with Crippen LogP contribution in [0.4, 0.5) is 0 Å². The highest BCUT2D eigenvalue weighted by Gasteiger charge is 2.16. The quantitative estimate of drug-likeness (QED) is 0.143. The molecule has 0 unspecified atom stereocenters. The maximum Gasteiger partial charge on any atom is 0.306 e. The molecular formula is C28H27NO4. The highest BCUT2D eigenvalue weighted by Crippen LogP contribution is 2.31. The van der Waals surface area contributed by atoms with Crippen molar-refractivity contribution in [2.75, 3.05) is 0 Å². The number of esters is 1. The molecule has 3 aromatic carbocycles. The number of aryl methyl sites for hydroxylation is 2. The number of carbonyl (C=O) groups excluding carboxylic acids is 3. The monoisotopic (exact) mass is 441 g/mol. The molecule has 0 atom stereocenters. The van der Waals surface area contributed by atoms with Crippen molar-refractivity contribution in [3.8, 4) is 0 Å². The zero-order chi connectivity index (χ0) is 23.4. The van der Waals surface area contributed by atoms with Gasteiger partial charge in [0.25, 0.3) is 0 Å². The maximum atomic E-state index is 13.2. The van der Waals surface area contributed by atoms with Gasteiger partial charge in [-0.3, -0.25) is 9.59 Å². The van der Waals surface area contributed by atoms with Crippen LogP contribution in [0.3, 0.4) is 0 Å². The molecule has 0 aliphatic heterocycles. The summed E-state index contributed by atoms with van der Waals surface area (Å²) in [6.07, 6.45) is 1.91. The van der Waals surface area contributed by atoms with E-state index in [0.717, 1.165) is 45.8 Å². The lowest BCUT2D eigenvalue weighted by molar-refractivity contribution is -0.145. The van der Waals surface area contributed by atoms with Gasteiger partial charge in [-0.05, 0) is 61.7 Å². The summed E-state index contributed by atoms with van der Waals surface area (Å²) in [6.45, 7) is 5.02. The molecule has 0 amide bonds. The lowest BCUT2D eigenvalue weighted by Crippen LogP contribution is -2.04. The fourth-order valence-corrected chi connectivity index (χ4v) is 4.27. The Bertz CT molecular complexity index is 1350.